The smallest absolute Gasteiger partial charge is 0.225 e. The van der Waals surface area contributed by atoms with Crippen LogP contribution in [0.1, 0.15) is 19.4 Å². The molecule has 0 aliphatic heterocycles. The number of nitrogens with one attached hydrogen (secondary N) is 1. The number of rotatable bonds is 5. The van der Waals surface area contributed by atoms with E-state index in [0.717, 1.165) is 11.3 Å². The number of aromatic nitrogens is 2. The number of carbonyl (C=O) groups is 1. The number of hydrogen-bond donors (Lipinski definition) is 1. The predicted octanol–water partition coefficient (Wildman–Crippen LogP) is 2.46. The van der Waals surface area contributed by atoms with Crippen molar-refractivity contribution >= 4 is 17.4 Å². The average Bonchev–Trinajstić information content (AvgIpc) is 2.48. The first-order valence-electron chi connectivity index (χ1n) is 6.57. The van der Waals surface area contributed by atoms with Crippen LogP contribution >= 0.6 is 0 Å². The van der Waals surface area contributed by atoms with Gasteiger partial charge in [0.2, 0.25) is 5.91 Å². The van der Waals surface area contributed by atoms with Crippen LogP contribution in [0.4, 0.5) is 11.5 Å². The van der Waals surface area contributed by atoms with E-state index >= 15 is 0 Å². The summed E-state index contributed by atoms with van der Waals surface area (Å²) in [6.07, 6.45) is 5.27. The molecule has 1 amide bonds. The Morgan fingerprint density at radius 2 is 2.00 bits per heavy atom. The van der Waals surface area contributed by atoms with Gasteiger partial charge in [0, 0.05) is 32.4 Å². The van der Waals surface area contributed by atoms with Crippen molar-refractivity contribution in [2.45, 2.75) is 20.4 Å². The number of anilines is 2. The Bertz CT molecular complexity index is 554. The van der Waals surface area contributed by atoms with E-state index in [2.05, 4.69) is 15.3 Å². The summed E-state index contributed by atoms with van der Waals surface area (Å²) in [5, 5.41) is 3.28. The number of carbonyl (C=O) groups excluding carboxylic acids is 1. The molecule has 5 heteroatoms. The minimum absolute atomic E-state index is 0.00232. The van der Waals surface area contributed by atoms with Crippen molar-refractivity contribution in [2.24, 2.45) is 0 Å². The minimum Gasteiger partial charge on any atom is -0.380 e. The highest BCUT2D eigenvalue weighted by atomic mass is 16.2. The molecule has 0 aliphatic carbocycles. The van der Waals surface area contributed by atoms with Crippen molar-refractivity contribution in [1.29, 1.82) is 0 Å². The maximum atomic E-state index is 11.4. The van der Waals surface area contributed by atoms with Crippen molar-refractivity contribution < 1.29 is 4.79 Å². The summed E-state index contributed by atoms with van der Waals surface area (Å²) < 4.78 is 0. The van der Waals surface area contributed by atoms with Gasteiger partial charge in [-0.3, -0.25) is 14.7 Å². The SMILES string of the molecule is CCN(C(C)=O)c1ccc(NCc2ccncc2)cn1. The third-order valence-corrected chi connectivity index (χ3v) is 2.97. The van der Waals surface area contributed by atoms with E-state index in [-0.39, 0.29) is 5.91 Å². The molecule has 2 aromatic heterocycles. The van der Waals surface area contributed by atoms with E-state index in [0.29, 0.717) is 18.9 Å². The topological polar surface area (TPSA) is 58.1 Å². The summed E-state index contributed by atoms with van der Waals surface area (Å²) in [6, 6.07) is 7.70. The Kier molecular flexibility index (Phi) is 4.65. The lowest BCUT2D eigenvalue weighted by molar-refractivity contribution is -0.116. The highest BCUT2D eigenvalue weighted by Crippen LogP contribution is 2.15. The number of pyridine rings is 2. The molecular weight excluding hydrogens is 252 g/mol. The molecule has 0 aliphatic rings. The van der Waals surface area contributed by atoms with Crippen LogP contribution in [0.3, 0.4) is 0 Å². The molecule has 2 heterocycles. The molecule has 0 saturated heterocycles. The van der Waals surface area contributed by atoms with Crippen LogP contribution < -0.4 is 10.2 Å². The van der Waals surface area contributed by atoms with Gasteiger partial charge in [-0.2, -0.15) is 0 Å². The van der Waals surface area contributed by atoms with Gasteiger partial charge in [-0.1, -0.05) is 0 Å². The third kappa shape index (κ3) is 3.54. The van der Waals surface area contributed by atoms with Gasteiger partial charge in [0.05, 0.1) is 11.9 Å². The Morgan fingerprint density at radius 1 is 1.25 bits per heavy atom. The number of amides is 1. The Morgan fingerprint density at radius 3 is 2.55 bits per heavy atom. The summed E-state index contributed by atoms with van der Waals surface area (Å²) in [7, 11) is 0. The predicted molar refractivity (Wildman–Crippen MR) is 79.5 cm³/mol. The highest BCUT2D eigenvalue weighted by molar-refractivity contribution is 5.90. The first-order chi connectivity index (χ1) is 9.70. The summed E-state index contributed by atoms with van der Waals surface area (Å²) in [5.41, 5.74) is 2.08. The highest BCUT2D eigenvalue weighted by Gasteiger charge is 2.09. The van der Waals surface area contributed by atoms with Gasteiger partial charge in [0.25, 0.3) is 0 Å². The zero-order valence-electron chi connectivity index (χ0n) is 11.7. The lowest BCUT2D eigenvalue weighted by atomic mass is 10.2. The molecule has 0 unspecified atom stereocenters. The van der Waals surface area contributed by atoms with E-state index in [4.69, 9.17) is 0 Å². The molecule has 2 aromatic rings. The molecule has 0 bridgehead atoms. The standard InChI is InChI=1S/C15H18N4O/c1-3-19(12(2)20)15-5-4-14(11-18-15)17-10-13-6-8-16-9-7-13/h4-9,11,17H,3,10H2,1-2H3. The molecule has 0 radical (unpaired) electrons. The zero-order valence-corrected chi connectivity index (χ0v) is 11.7. The fourth-order valence-electron chi connectivity index (χ4n) is 1.90. The molecule has 0 spiro atoms. The van der Waals surface area contributed by atoms with E-state index in [1.165, 1.54) is 0 Å². The van der Waals surface area contributed by atoms with Crippen molar-refractivity contribution in [3.63, 3.8) is 0 Å². The van der Waals surface area contributed by atoms with Gasteiger partial charge in [-0.15, -0.1) is 0 Å². The minimum atomic E-state index is -0.00232. The average molecular weight is 270 g/mol. The molecule has 5 nitrogen and oxygen atoms in total. The second-order valence-electron chi connectivity index (χ2n) is 4.38. The summed E-state index contributed by atoms with van der Waals surface area (Å²) in [6.45, 7) is 4.80. The Balaban J connectivity index is 2.00. The van der Waals surface area contributed by atoms with Crippen molar-refractivity contribution in [1.82, 2.24) is 9.97 Å². The lowest BCUT2D eigenvalue weighted by Crippen LogP contribution is -2.28. The van der Waals surface area contributed by atoms with Crippen LogP contribution in [0.15, 0.2) is 42.9 Å². The summed E-state index contributed by atoms with van der Waals surface area (Å²) >= 11 is 0. The summed E-state index contributed by atoms with van der Waals surface area (Å²) in [5.74, 6) is 0.673. The molecule has 0 saturated carbocycles. The molecule has 2 rings (SSSR count). The van der Waals surface area contributed by atoms with Crippen molar-refractivity contribution in [3.8, 4) is 0 Å². The maximum Gasteiger partial charge on any atom is 0.225 e. The quantitative estimate of drug-likeness (QED) is 0.906. The molecule has 104 valence electrons. The normalized spacial score (nSPS) is 10.1. The largest absolute Gasteiger partial charge is 0.380 e. The van der Waals surface area contributed by atoms with Crippen molar-refractivity contribution in [2.75, 3.05) is 16.8 Å². The van der Waals surface area contributed by atoms with Gasteiger partial charge < -0.3 is 5.32 Å². The fraction of sp³-hybridized carbons (Fsp3) is 0.267. The lowest BCUT2D eigenvalue weighted by Gasteiger charge is -2.18. The third-order valence-electron chi connectivity index (χ3n) is 2.97. The molecule has 0 fully saturated rings. The second-order valence-corrected chi connectivity index (χ2v) is 4.38. The summed E-state index contributed by atoms with van der Waals surface area (Å²) in [4.78, 5) is 21.4. The molecule has 0 atom stereocenters. The second kappa shape index (κ2) is 6.65. The maximum absolute atomic E-state index is 11.4. The van der Waals surface area contributed by atoms with Gasteiger partial charge >= 0.3 is 0 Å². The molecule has 0 aromatic carbocycles. The Hall–Kier alpha value is -2.43. The number of hydrogen-bond acceptors (Lipinski definition) is 4. The molecular formula is C15H18N4O. The van der Waals surface area contributed by atoms with Gasteiger partial charge in [-0.05, 0) is 36.8 Å². The van der Waals surface area contributed by atoms with E-state index in [9.17, 15) is 4.79 Å². The monoisotopic (exact) mass is 270 g/mol. The van der Waals surface area contributed by atoms with Gasteiger partial charge in [0.15, 0.2) is 0 Å². The van der Waals surface area contributed by atoms with E-state index in [1.807, 2.05) is 31.2 Å². The van der Waals surface area contributed by atoms with E-state index in [1.54, 1.807) is 30.4 Å². The molecule has 1 N–H and O–H groups in total. The van der Waals surface area contributed by atoms with Crippen LogP contribution in [0.25, 0.3) is 0 Å². The van der Waals surface area contributed by atoms with Gasteiger partial charge in [-0.25, -0.2) is 4.98 Å². The van der Waals surface area contributed by atoms with Crippen LogP contribution in [0.2, 0.25) is 0 Å². The van der Waals surface area contributed by atoms with Crippen LogP contribution in [-0.2, 0) is 11.3 Å². The van der Waals surface area contributed by atoms with Crippen molar-refractivity contribution in [3.05, 3.63) is 48.4 Å². The van der Waals surface area contributed by atoms with Crippen LogP contribution in [0.5, 0.6) is 0 Å². The molecule has 20 heavy (non-hydrogen) atoms. The zero-order chi connectivity index (χ0) is 14.4. The van der Waals surface area contributed by atoms with E-state index < -0.39 is 0 Å². The first kappa shape index (κ1) is 14.0. The Labute approximate surface area is 118 Å². The van der Waals surface area contributed by atoms with Crippen LogP contribution in [0, 0.1) is 0 Å². The fourth-order valence-corrected chi connectivity index (χ4v) is 1.90. The number of nitrogens with zero attached hydrogens (tertiary/aromatic N) is 3. The van der Waals surface area contributed by atoms with Crippen LogP contribution in [-0.4, -0.2) is 22.4 Å². The van der Waals surface area contributed by atoms with Gasteiger partial charge in [0.1, 0.15) is 5.82 Å². The first-order valence-corrected chi connectivity index (χ1v) is 6.57.